The number of aliphatic carboxylic acids is 1. The van der Waals surface area contributed by atoms with Crippen LogP contribution >= 0.6 is 0 Å². The number of hydrogen-bond acceptors (Lipinski definition) is 5. The van der Waals surface area contributed by atoms with E-state index in [2.05, 4.69) is 11.1 Å². The average Bonchev–Trinajstić information content (AvgIpc) is 2.62. The van der Waals surface area contributed by atoms with Crippen molar-refractivity contribution in [3.63, 3.8) is 0 Å². The second kappa shape index (κ2) is 8.96. The van der Waals surface area contributed by atoms with Crippen LogP contribution in [0.4, 0.5) is 0 Å². The van der Waals surface area contributed by atoms with Crippen molar-refractivity contribution in [2.45, 2.75) is 13.0 Å². The van der Waals surface area contributed by atoms with Gasteiger partial charge in [-0.1, -0.05) is 6.07 Å². The van der Waals surface area contributed by atoms with Crippen molar-refractivity contribution in [1.82, 2.24) is 4.98 Å². The van der Waals surface area contributed by atoms with Crippen molar-refractivity contribution in [2.24, 2.45) is 0 Å². The number of carboxylic acids is 1. The number of methoxy groups -OCH3 is 1. The number of carbonyl (C=O) groups is 1. The van der Waals surface area contributed by atoms with Crippen molar-refractivity contribution >= 4 is 16.9 Å². The standard InChI is InChI=1S/C19H16NO5.Y/c1-12(19(21)22)24-14-7-9-15(10-8-14)25-17-11-6-13-4-3-5-16(23-2)18(13)20-17;/h3-4,6-12H,1-2H3,(H,21,22);/q-1;. The van der Waals surface area contributed by atoms with Crippen LogP contribution in [0.25, 0.3) is 10.9 Å². The molecule has 131 valence electrons. The number of pyridine rings is 1. The first-order valence-corrected chi connectivity index (χ1v) is 7.59. The van der Waals surface area contributed by atoms with Gasteiger partial charge in [-0.2, -0.15) is 12.1 Å². The summed E-state index contributed by atoms with van der Waals surface area (Å²) in [6, 6.07) is 17.0. The van der Waals surface area contributed by atoms with Crippen molar-refractivity contribution in [2.75, 3.05) is 7.11 Å². The predicted molar refractivity (Wildman–Crippen MR) is 91.4 cm³/mol. The summed E-state index contributed by atoms with van der Waals surface area (Å²) in [5, 5.41) is 9.78. The van der Waals surface area contributed by atoms with E-state index in [1.54, 1.807) is 43.5 Å². The summed E-state index contributed by atoms with van der Waals surface area (Å²) in [6.07, 6.45) is -0.919. The molecule has 0 aliphatic heterocycles. The van der Waals surface area contributed by atoms with Crippen LogP contribution in [-0.2, 0) is 37.5 Å². The van der Waals surface area contributed by atoms with Crippen LogP contribution in [0, 0.1) is 6.07 Å². The normalized spacial score (nSPS) is 11.3. The first-order chi connectivity index (χ1) is 12.1. The number of rotatable bonds is 6. The maximum absolute atomic E-state index is 10.8. The van der Waals surface area contributed by atoms with Gasteiger partial charge in [-0.25, -0.2) is 4.79 Å². The van der Waals surface area contributed by atoms with E-state index in [0.29, 0.717) is 28.6 Å². The molecule has 3 rings (SSSR count). The molecule has 7 heteroatoms. The van der Waals surface area contributed by atoms with E-state index in [9.17, 15) is 4.79 Å². The molecule has 1 unspecified atom stereocenters. The summed E-state index contributed by atoms with van der Waals surface area (Å²) in [4.78, 5) is 15.2. The number of nitrogens with zero attached hydrogens (tertiary/aromatic N) is 1. The molecule has 0 amide bonds. The maximum Gasteiger partial charge on any atom is 0.344 e. The molecule has 0 spiro atoms. The molecular weight excluding hydrogens is 411 g/mol. The van der Waals surface area contributed by atoms with Gasteiger partial charge in [0.1, 0.15) is 11.5 Å². The van der Waals surface area contributed by atoms with Crippen molar-refractivity contribution in [3.05, 3.63) is 54.6 Å². The molecule has 0 saturated carbocycles. The number of aromatic nitrogens is 1. The van der Waals surface area contributed by atoms with Crippen LogP contribution < -0.4 is 14.2 Å². The van der Waals surface area contributed by atoms with Gasteiger partial charge in [0, 0.05) is 44.0 Å². The fourth-order valence-corrected chi connectivity index (χ4v) is 2.22. The molecule has 1 atom stereocenters. The van der Waals surface area contributed by atoms with Gasteiger partial charge in [0.05, 0.1) is 7.11 Å². The summed E-state index contributed by atoms with van der Waals surface area (Å²) in [7, 11) is 1.57. The average molecular weight is 427 g/mol. The summed E-state index contributed by atoms with van der Waals surface area (Å²) in [5.41, 5.74) is 0.665. The van der Waals surface area contributed by atoms with Crippen molar-refractivity contribution < 1.29 is 56.8 Å². The first-order valence-electron chi connectivity index (χ1n) is 7.59. The van der Waals surface area contributed by atoms with E-state index in [0.717, 1.165) is 5.39 Å². The Balaban J connectivity index is 0.00000243. The van der Waals surface area contributed by atoms with E-state index >= 15 is 0 Å². The van der Waals surface area contributed by atoms with Gasteiger partial charge in [-0.05, 0) is 37.3 Å². The second-order valence-corrected chi connectivity index (χ2v) is 5.27. The zero-order chi connectivity index (χ0) is 17.8. The van der Waals surface area contributed by atoms with E-state index in [1.165, 1.54) is 6.92 Å². The quantitative estimate of drug-likeness (QED) is 0.605. The molecule has 0 bridgehead atoms. The minimum absolute atomic E-state index is 0. The smallest absolute Gasteiger partial charge is 0.344 e. The van der Waals surface area contributed by atoms with Crippen molar-refractivity contribution in [1.29, 1.82) is 0 Å². The monoisotopic (exact) mass is 427 g/mol. The number of ether oxygens (including phenoxy) is 3. The van der Waals surface area contributed by atoms with Crippen LogP contribution in [-0.4, -0.2) is 29.3 Å². The third-order valence-electron chi connectivity index (χ3n) is 3.50. The van der Waals surface area contributed by atoms with E-state index in [-0.39, 0.29) is 32.7 Å². The van der Waals surface area contributed by atoms with E-state index < -0.39 is 12.1 Å². The van der Waals surface area contributed by atoms with Gasteiger partial charge in [-0.3, -0.25) is 4.98 Å². The van der Waals surface area contributed by atoms with Gasteiger partial charge in [0.25, 0.3) is 0 Å². The van der Waals surface area contributed by atoms with Gasteiger partial charge >= 0.3 is 5.97 Å². The Hall–Kier alpha value is -2.18. The Kier molecular flexibility index (Phi) is 6.94. The molecule has 6 nitrogen and oxygen atoms in total. The molecule has 0 fully saturated rings. The van der Waals surface area contributed by atoms with Crippen LogP contribution in [0.5, 0.6) is 23.1 Å². The summed E-state index contributed by atoms with van der Waals surface area (Å²) >= 11 is 0. The Bertz CT molecular complexity index is 898. The molecular formula is C19H16NO5Y-. The SMILES string of the molecule is COc1[c-]ccc2ccc(Oc3ccc(OC(C)C(=O)O)cc3)nc12.[Y]. The molecule has 26 heavy (non-hydrogen) atoms. The summed E-state index contributed by atoms with van der Waals surface area (Å²) in [5.74, 6) is 0.949. The Morgan fingerprint density at radius 2 is 1.81 bits per heavy atom. The molecule has 1 heterocycles. The van der Waals surface area contributed by atoms with Gasteiger partial charge in [0.2, 0.25) is 5.88 Å². The Morgan fingerprint density at radius 3 is 2.46 bits per heavy atom. The fraction of sp³-hybridized carbons (Fsp3) is 0.158. The van der Waals surface area contributed by atoms with Gasteiger partial charge < -0.3 is 19.3 Å². The molecule has 1 radical (unpaired) electrons. The number of fused-ring (bicyclic) bond motifs is 1. The molecule has 2 aromatic carbocycles. The molecule has 0 aliphatic carbocycles. The first kappa shape index (κ1) is 20.1. The van der Waals surface area contributed by atoms with Crippen LogP contribution in [0.15, 0.2) is 48.5 Å². The van der Waals surface area contributed by atoms with Crippen LogP contribution in [0.1, 0.15) is 6.92 Å². The zero-order valence-electron chi connectivity index (χ0n) is 14.3. The minimum atomic E-state index is -1.02. The molecule has 1 aromatic heterocycles. The maximum atomic E-state index is 10.8. The topological polar surface area (TPSA) is 77.9 Å². The van der Waals surface area contributed by atoms with Gasteiger partial charge in [0.15, 0.2) is 6.10 Å². The van der Waals surface area contributed by atoms with Gasteiger partial charge in [-0.15, -0.1) is 11.5 Å². The minimum Gasteiger partial charge on any atom is -0.520 e. The molecule has 1 N–H and O–H groups in total. The number of carboxylic acid groups (broad SMARTS) is 1. The third kappa shape index (κ3) is 4.71. The predicted octanol–water partition coefficient (Wildman–Crippen LogP) is 3.69. The summed E-state index contributed by atoms with van der Waals surface area (Å²) < 4.78 is 16.3. The van der Waals surface area contributed by atoms with Crippen molar-refractivity contribution in [3.8, 4) is 23.1 Å². The Labute approximate surface area is 176 Å². The second-order valence-electron chi connectivity index (χ2n) is 5.27. The third-order valence-corrected chi connectivity index (χ3v) is 3.50. The number of hydrogen-bond donors (Lipinski definition) is 1. The number of benzene rings is 2. The molecule has 3 aromatic rings. The molecule has 0 aliphatic rings. The van der Waals surface area contributed by atoms with Crippen LogP contribution in [0.3, 0.4) is 0 Å². The Morgan fingerprint density at radius 1 is 1.12 bits per heavy atom. The molecule has 0 saturated heterocycles. The van der Waals surface area contributed by atoms with E-state index in [4.69, 9.17) is 19.3 Å². The fourth-order valence-electron chi connectivity index (χ4n) is 2.22. The van der Waals surface area contributed by atoms with Crippen LogP contribution in [0.2, 0.25) is 0 Å². The largest absolute Gasteiger partial charge is 0.520 e. The van der Waals surface area contributed by atoms with E-state index in [1.807, 2.05) is 12.1 Å². The summed E-state index contributed by atoms with van der Waals surface area (Å²) in [6.45, 7) is 1.47. The zero-order valence-corrected chi connectivity index (χ0v) is 17.1.